The molecule has 1 saturated heterocycles. The number of hydrogen-bond donors (Lipinski definition) is 1. The first-order chi connectivity index (χ1) is 9.01. The van der Waals surface area contributed by atoms with Gasteiger partial charge < -0.3 is 9.47 Å². The van der Waals surface area contributed by atoms with Gasteiger partial charge in [-0.1, -0.05) is 6.92 Å². The van der Waals surface area contributed by atoms with Gasteiger partial charge in [-0.15, -0.1) is 0 Å². The highest BCUT2D eigenvalue weighted by molar-refractivity contribution is 5.68. The van der Waals surface area contributed by atoms with Crippen molar-refractivity contribution in [2.24, 2.45) is 0 Å². The first-order valence-electron chi connectivity index (χ1n) is 5.87. The predicted octanol–water partition coefficient (Wildman–Crippen LogP) is 0.264. The summed E-state index contributed by atoms with van der Waals surface area (Å²) in [6.45, 7) is 1.65. The SMILES string of the molecule is CCC(=O)OC1CCC(n2cc(F)c(=O)[nH]c2=O)O1. The normalized spacial score (nSPS) is 22.4. The van der Waals surface area contributed by atoms with E-state index in [2.05, 4.69) is 0 Å². The van der Waals surface area contributed by atoms with Crippen LogP contribution in [-0.2, 0) is 14.3 Å². The highest BCUT2D eigenvalue weighted by Crippen LogP contribution is 2.27. The van der Waals surface area contributed by atoms with E-state index >= 15 is 0 Å². The molecule has 19 heavy (non-hydrogen) atoms. The number of H-pyrrole nitrogens is 1. The Morgan fingerprint density at radius 2 is 2.32 bits per heavy atom. The van der Waals surface area contributed by atoms with Crippen LogP contribution in [0.2, 0.25) is 0 Å². The minimum Gasteiger partial charge on any atom is -0.436 e. The van der Waals surface area contributed by atoms with E-state index in [1.54, 1.807) is 6.92 Å². The summed E-state index contributed by atoms with van der Waals surface area (Å²) in [6.07, 6.45) is 0.289. The topological polar surface area (TPSA) is 90.4 Å². The molecule has 0 spiro atoms. The molecule has 1 fully saturated rings. The van der Waals surface area contributed by atoms with Crippen LogP contribution in [0.5, 0.6) is 0 Å². The molecule has 2 heterocycles. The van der Waals surface area contributed by atoms with E-state index in [1.165, 1.54) is 0 Å². The number of esters is 1. The highest BCUT2D eigenvalue weighted by atomic mass is 19.1. The summed E-state index contributed by atoms with van der Waals surface area (Å²) in [6, 6.07) is 0. The molecular weight excluding hydrogens is 259 g/mol. The lowest BCUT2D eigenvalue weighted by molar-refractivity contribution is -0.180. The monoisotopic (exact) mass is 272 g/mol. The summed E-state index contributed by atoms with van der Waals surface area (Å²) >= 11 is 0. The molecule has 0 radical (unpaired) electrons. The van der Waals surface area contributed by atoms with Crippen LogP contribution in [-0.4, -0.2) is 21.8 Å². The van der Waals surface area contributed by atoms with E-state index in [4.69, 9.17) is 9.47 Å². The van der Waals surface area contributed by atoms with E-state index < -0.39 is 35.6 Å². The Morgan fingerprint density at radius 3 is 3.00 bits per heavy atom. The van der Waals surface area contributed by atoms with Gasteiger partial charge in [-0.25, -0.2) is 4.79 Å². The molecule has 2 atom stereocenters. The highest BCUT2D eigenvalue weighted by Gasteiger charge is 2.30. The number of nitrogens with one attached hydrogen (secondary N) is 1. The first kappa shape index (κ1) is 13.5. The minimum absolute atomic E-state index is 0.220. The maximum Gasteiger partial charge on any atom is 0.330 e. The van der Waals surface area contributed by atoms with Gasteiger partial charge in [0.25, 0.3) is 5.56 Å². The summed E-state index contributed by atoms with van der Waals surface area (Å²) in [5.41, 5.74) is -1.84. The summed E-state index contributed by atoms with van der Waals surface area (Å²) < 4.78 is 24.4. The van der Waals surface area contributed by atoms with Gasteiger partial charge in [0.1, 0.15) is 6.23 Å². The standard InChI is InChI=1S/C11H13FN2O5/c1-2-8(15)19-9-4-3-7(18-9)14-5-6(12)10(16)13-11(14)17/h5,7,9H,2-4H2,1H3,(H,13,16,17). The lowest BCUT2D eigenvalue weighted by Gasteiger charge is -2.15. The number of rotatable bonds is 3. The Hall–Kier alpha value is -1.96. The third-order valence-electron chi connectivity index (χ3n) is 2.74. The molecule has 1 aromatic rings. The van der Waals surface area contributed by atoms with Gasteiger partial charge in [0.2, 0.25) is 12.1 Å². The summed E-state index contributed by atoms with van der Waals surface area (Å²) in [4.78, 5) is 35.4. The van der Waals surface area contributed by atoms with E-state index in [0.29, 0.717) is 12.8 Å². The molecule has 0 bridgehead atoms. The third kappa shape index (κ3) is 2.90. The van der Waals surface area contributed by atoms with Crippen LogP contribution in [0.25, 0.3) is 0 Å². The van der Waals surface area contributed by atoms with E-state index in [-0.39, 0.29) is 6.42 Å². The molecule has 1 aliphatic rings. The summed E-state index contributed by atoms with van der Waals surface area (Å²) in [5, 5.41) is 0. The maximum absolute atomic E-state index is 13.1. The molecule has 1 aromatic heterocycles. The minimum atomic E-state index is -1.08. The number of ether oxygens (including phenoxy) is 2. The second-order valence-corrected chi connectivity index (χ2v) is 4.08. The number of nitrogens with zero attached hydrogens (tertiary/aromatic N) is 1. The molecule has 2 unspecified atom stereocenters. The van der Waals surface area contributed by atoms with Crippen molar-refractivity contribution in [2.45, 2.75) is 38.7 Å². The van der Waals surface area contributed by atoms with Crippen LogP contribution in [0.15, 0.2) is 15.8 Å². The average Bonchev–Trinajstić information content (AvgIpc) is 2.82. The van der Waals surface area contributed by atoms with Crippen molar-refractivity contribution in [3.63, 3.8) is 0 Å². The van der Waals surface area contributed by atoms with Gasteiger partial charge in [-0.3, -0.25) is 19.1 Å². The third-order valence-corrected chi connectivity index (χ3v) is 2.74. The van der Waals surface area contributed by atoms with E-state index in [9.17, 15) is 18.8 Å². The largest absolute Gasteiger partial charge is 0.436 e. The number of carbonyl (C=O) groups is 1. The molecule has 0 amide bonds. The number of carbonyl (C=O) groups excluding carboxylic acids is 1. The van der Waals surface area contributed by atoms with Crippen LogP contribution >= 0.6 is 0 Å². The van der Waals surface area contributed by atoms with Crippen LogP contribution < -0.4 is 11.2 Å². The fourth-order valence-corrected chi connectivity index (χ4v) is 1.79. The van der Waals surface area contributed by atoms with Gasteiger partial charge in [0.15, 0.2) is 0 Å². The van der Waals surface area contributed by atoms with Crippen LogP contribution in [0.1, 0.15) is 32.4 Å². The Kier molecular flexibility index (Phi) is 3.79. The van der Waals surface area contributed by atoms with Crippen molar-refractivity contribution in [1.29, 1.82) is 0 Å². The second-order valence-electron chi connectivity index (χ2n) is 4.08. The van der Waals surface area contributed by atoms with Gasteiger partial charge >= 0.3 is 11.7 Å². The van der Waals surface area contributed by atoms with Gasteiger partial charge in [-0.2, -0.15) is 4.39 Å². The number of aromatic amines is 1. The smallest absolute Gasteiger partial charge is 0.330 e. The summed E-state index contributed by atoms with van der Waals surface area (Å²) in [5.74, 6) is -1.48. The molecular formula is C11H13FN2O5. The molecule has 1 N–H and O–H groups in total. The molecule has 104 valence electrons. The Labute approximate surface area is 107 Å². The molecule has 0 aliphatic carbocycles. The Morgan fingerprint density at radius 1 is 1.58 bits per heavy atom. The van der Waals surface area contributed by atoms with Crippen LogP contribution in [0.4, 0.5) is 4.39 Å². The quantitative estimate of drug-likeness (QED) is 0.797. The van der Waals surface area contributed by atoms with Crippen molar-refractivity contribution in [3.05, 3.63) is 32.9 Å². The van der Waals surface area contributed by atoms with Gasteiger partial charge in [0.05, 0.1) is 6.20 Å². The van der Waals surface area contributed by atoms with Crippen molar-refractivity contribution in [3.8, 4) is 0 Å². The number of aromatic nitrogens is 2. The van der Waals surface area contributed by atoms with Crippen molar-refractivity contribution >= 4 is 5.97 Å². The second kappa shape index (κ2) is 5.35. The zero-order valence-electron chi connectivity index (χ0n) is 10.2. The number of hydrogen-bond acceptors (Lipinski definition) is 5. The lowest BCUT2D eigenvalue weighted by atomic mass is 10.3. The van der Waals surface area contributed by atoms with Crippen molar-refractivity contribution < 1.29 is 18.7 Å². The Bertz CT molecular complexity index is 593. The molecule has 0 aromatic carbocycles. The predicted molar refractivity (Wildman–Crippen MR) is 60.8 cm³/mol. The first-order valence-corrected chi connectivity index (χ1v) is 5.87. The Balaban J connectivity index is 2.13. The zero-order valence-corrected chi connectivity index (χ0v) is 10.2. The van der Waals surface area contributed by atoms with E-state index in [1.807, 2.05) is 4.98 Å². The molecule has 0 saturated carbocycles. The molecule has 8 heteroatoms. The molecule has 2 rings (SSSR count). The average molecular weight is 272 g/mol. The summed E-state index contributed by atoms with van der Waals surface area (Å²) in [7, 11) is 0. The molecule has 1 aliphatic heterocycles. The van der Waals surface area contributed by atoms with Crippen LogP contribution in [0.3, 0.4) is 0 Å². The zero-order chi connectivity index (χ0) is 14.0. The lowest BCUT2D eigenvalue weighted by Crippen LogP contribution is -2.34. The van der Waals surface area contributed by atoms with Crippen molar-refractivity contribution in [2.75, 3.05) is 0 Å². The fraction of sp³-hybridized carbons (Fsp3) is 0.545. The van der Waals surface area contributed by atoms with E-state index in [0.717, 1.165) is 10.8 Å². The number of halogens is 1. The van der Waals surface area contributed by atoms with Gasteiger partial charge in [0, 0.05) is 12.8 Å². The van der Waals surface area contributed by atoms with Crippen LogP contribution in [0, 0.1) is 5.82 Å². The van der Waals surface area contributed by atoms with Crippen molar-refractivity contribution in [1.82, 2.24) is 9.55 Å². The fourth-order valence-electron chi connectivity index (χ4n) is 1.79. The van der Waals surface area contributed by atoms with Gasteiger partial charge in [-0.05, 0) is 6.42 Å². The maximum atomic E-state index is 13.1. The molecule has 7 nitrogen and oxygen atoms in total.